The van der Waals surface area contributed by atoms with Crippen LogP contribution in [0.4, 0.5) is 8.78 Å². The fourth-order valence-corrected chi connectivity index (χ4v) is 2.40. The highest BCUT2D eigenvalue weighted by Gasteiger charge is 2.18. The molecule has 0 amide bonds. The minimum Gasteiger partial charge on any atom is -0.458 e. The van der Waals surface area contributed by atoms with Crippen molar-refractivity contribution in [2.75, 3.05) is 0 Å². The molecule has 1 unspecified atom stereocenters. The van der Waals surface area contributed by atoms with Gasteiger partial charge in [0.15, 0.2) is 0 Å². The van der Waals surface area contributed by atoms with Gasteiger partial charge in [-0.15, -0.1) is 0 Å². The molecule has 0 saturated carbocycles. The van der Waals surface area contributed by atoms with E-state index in [2.05, 4.69) is 0 Å². The van der Waals surface area contributed by atoms with Gasteiger partial charge < -0.3 is 9.52 Å². The molecule has 108 valence electrons. The maximum atomic E-state index is 13.6. The van der Waals surface area contributed by atoms with Crippen molar-refractivity contribution >= 4 is 22.6 Å². The molecule has 0 bridgehead atoms. The Morgan fingerprint density at radius 2 is 1.81 bits per heavy atom. The molecule has 2 aromatic carbocycles. The number of aliphatic hydroxyl groups is 1. The van der Waals surface area contributed by atoms with Crippen molar-refractivity contribution < 1.29 is 18.3 Å². The van der Waals surface area contributed by atoms with Crippen LogP contribution in [0.25, 0.3) is 11.0 Å². The van der Waals surface area contributed by atoms with Crippen molar-refractivity contribution in [2.45, 2.75) is 12.5 Å². The van der Waals surface area contributed by atoms with Crippen molar-refractivity contribution in [1.82, 2.24) is 0 Å². The highest BCUT2D eigenvalue weighted by Crippen LogP contribution is 2.29. The van der Waals surface area contributed by atoms with E-state index in [4.69, 9.17) is 16.0 Å². The minimum absolute atomic E-state index is 0.163. The molecular weight excluding hydrogens is 298 g/mol. The van der Waals surface area contributed by atoms with E-state index in [9.17, 15) is 13.9 Å². The van der Waals surface area contributed by atoms with Gasteiger partial charge in [0.2, 0.25) is 0 Å². The first kappa shape index (κ1) is 14.0. The van der Waals surface area contributed by atoms with Crippen LogP contribution in [0, 0.1) is 11.6 Å². The summed E-state index contributed by atoms with van der Waals surface area (Å²) >= 11 is 5.88. The zero-order valence-corrected chi connectivity index (χ0v) is 11.6. The normalized spacial score (nSPS) is 12.8. The van der Waals surface area contributed by atoms with Gasteiger partial charge in [-0.2, -0.15) is 0 Å². The summed E-state index contributed by atoms with van der Waals surface area (Å²) in [6.45, 7) is 0. The van der Waals surface area contributed by atoms with Crippen LogP contribution in [0.15, 0.2) is 46.9 Å². The summed E-state index contributed by atoms with van der Waals surface area (Å²) in [6, 6.07) is 10.2. The van der Waals surface area contributed by atoms with E-state index in [1.807, 2.05) is 0 Å². The summed E-state index contributed by atoms with van der Waals surface area (Å²) in [5.41, 5.74) is 0.394. The number of halogens is 3. The van der Waals surface area contributed by atoms with Gasteiger partial charge in [-0.3, -0.25) is 0 Å². The first-order valence-electron chi connectivity index (χ1n) is 6.34. The average molecular weight is 309 g/mol. The van der Waals surface area contributed by atoms with Crippen molar-refractivity contribution in [3.63, 3.8) is 0 Å². The molecule has 0 radical (unpaired) electrons. The van der Waals surface area contributed by atoms with E-state index in [1.54, 1.807) is 24.3 Å². The fourth-order valence-electron chi connectivity index (χ4n) is 2.22. The molecule has 0 spiro atoms. The molecule has 0 aliphatic rings. The molecule has 0 aliphatic carbocycles. The monoisotopic (exact) mass is 308 g/mol. The number of benzene rings is 2. The molecule has 1 N–H and O–H groups in total. The lowest BCUT2D eigenvalue weighted by Gasteiger charge is -2.09. The Morgan fingerprint density at radius 3 is 2.52 bits per heavy atom. The predicted octanol–water partition coefficient (Wildman–Crippen LogP) is 4.64. The van der Waals surface area contributed by atoms with E-state index in [-0.39, 0.29) is 17.7 Å². The van der Waals surface area contributed by atoms with Crippen LogP contribution in [0.2, 0.25) is 5.02 Å². The molecule has 1 atom stereocenters. The van der Waals surface area contributed by atoms with Crippen molar-refractivity contribution in [2.24, 2.45) is 0 Å². The van der Waals surface area contributed by atoms with Gasteiger partial charge in [-0.1, -0.05) is 17.7 Å². The molecule has 0 aliphatic heterocycles. The lowest BCUT2D eigenvalue weighted by Crippen LogP contribution is -2.04. The molecule has 2 nitrogen and oxygen atoms in total. The maximum Gasteiger partial charge on any atom is 0.134 e. The Balaban J connectivity index is 1.91. The number of hydrogen-bond acceptors (Lipinski definition) is 2. The van der Waals surface area contributed by atoms with Crippen LogP contribution >= 0.6 is 11.6 Å². The summed E-state index contributed by atoms with van der Waals surface area (Å²) in [7, 11) is 0. The van der Waals surface area contributed by atoms with Gasteiger partial charge in [-0.05, 0) is 36.4 Å². The SMILES string of the molecule is OC(Cc1c(F)cccc1F)c1cc2cc(Cl)ccc2o1. The number of fused-ring (bicyclic) bond motifs is 1. The number of furan rings is 1. The van der Waals surface area contributed by atoms with E-state index in [0.29, 0.717) is 10.6 Å². The van der Waals surface area contributed by atoms with Crippen molar-refractivity contribution in [3.05, 3.63) is 70.4 Å². The van der Waals surface area contributed by atoms with E-state index >= 15 is 0 Å². The van der Waals surface area contributed by atoms with Gasteiger partial charge >= 0.3 is 0 Å². The second-order valence-corrected chi connectivity index (χ2v) is 5.19. The van der Waals surface area contributed by atoms with Gasteiger partial charge in [-0.25, -0.2) is 8.78 Å². The van der Waals surface area contributed by atoms with Gasteiger partial charge in [0, 0.05) is 22.4 Å². The Labute approximate surface area is 124 Å². The minimum atomic E-state index is -1.14. The second-order valence-electron chi connectivity index (χ2n) is 4.75. The van der Waals surface area contributed by atoms with Gasteiger partial charge in [0.25, 0.3) is 0 Å². The summed E-state index contributed by atoms with van der Waals surface area (Å²) in [6.07, 6.45) is -1.34. The highest BCUT2D eigenvalue weighted by molar-refractivity contribution is 6.31. The van der Waals surface area contributed by atoms with E-state index in [1.165, 1.54) is 6.07 Å². The van der Waals surface area contributed by atoms with E-state index in [0.717, 1.165) is 17.5 Å². The molecule has 3 rings (SSSR count). The molecule has 0 fully saturated rings. The number of rotatable bonds is 3. The predicted molar refractivity (Wildman–Crippen MR) is 76.2 cm³/mol. The summed E-state index contributed by atoms with van der Waals surface area (Å²) in [5, 5.41) is 11.4. The highest BCUT2D eigenvalue weighted by atomic mass is 35.5. The maximum absolute atomic E-state index is 13.6. The Morgan fingerprint density at radius 1 is 1.10 bits per heavy atom. The van der Waals surface area contributed by atoms with Gasteiger partial charge in [0.1, 0.15) is 29.1 Å². The van der Waals surface area contributed by atoms with E-state index < -0.39 is 17.7 Å². The third-order valence-corrected chi connectivity index (χ3v) is 3.52. The zero-order chi connectivity index (χ0) is 15.0. The molecule has 5 heteroatoms. The van der Waals surface area contributed by atoms with Crippen molar-refractivity contribution in [3.8, 4) is 0 Å². The van der Waals surface area contributed by atoms with Crippen LogP contribution in [-0.2, 0) is 6.42 Å². The first-order chi connectivity index (χ1) is 10.0. The second kappa shape index (κ2) is 5.47. The number of aliphatic hydroxyl groups excluding tert-OH is 1. The Kier molecular flexibility index (Phi) is 3.66. The lowest BCUT2D eigenvalue weighted by atomic mass is 10.0. The molecule has 0 saturated heterocycles. The standard InChI is InChI=1S/C16H11ClF2O2/c17-10-4-5-15-9(6-10)7-16(21-15)14(20)8-11-12(18)2-1-3-13(11)19/h1-7,14,20H,8H2. The quantitative estimate of drug-likeness (QED) is 0.764. The van der Waals surface area contributed by atoms with Crippen LogP contribution < -0.4 is 0 Å². The average Bonchev–Trinajstić information content (AvgIpc) is 2.86. The topological polar surface area (TPSA) is 33.4 Å². The summed E-state index contributed by atoms with van der Waals surface area (Å²) in [4.78, 5) is 0. The number of hydrogen-bond donors (Lipinski definition) is 1. The van der Waals surface area contributed by atoms with Gasteiger partial charge in [0.05, 0.1) is 0 Å². The summed E-state index contributed by atoms with van der Waals surface area (Å²) < 4.78 is 32.7. The van der Waals surface area contributed by atoms with Crippen molar-refractivity contribution in [1.29, 1.82) is 0 Å². The molecule has 3 aromatic rings. The zero-order valence-electron chi connectivity index (χ0n) is 10.8. The van der Waals surface area contributed by atoms with Crippen LogP contribution in [0.5, 0.6) is 0 Å². The Bertz CT molecular complexity index is 778. The Hall–Kier alpha value is -1.91. The lowest BCUT2D eigenvalue weighted by molar-refractivity contribution is 0.150. The fraction of sp³-hybridized carbons (Fsp3) is 0.125. The smallest absolute Gasteiger partial charge is 0.134 e. The molecular formula is C16H11ClF2O2. The van der Waals surface area contributed by atoms with Crippen LogP contribution in [0.1, 0.15) is 17.4 Å². The van der Waals surface area contributed by atoms with Crippen LogP contribution in [-0.4, -0.2) is 5.11 Å². The van der Waals surface area contributed by atoms with Crippen LogP contribution in [0.3, 0.4) is 0 Å². The third-order valence-electron chi connectivity index (χ3n) is 3.28. The largest absolute Gasteiger partial charge is 0.458 e. The molecule has 1 heterocycles. The third kappa shape index (κ3) is 2.77. The summed E-state index contributed by atoms with van der Waals surface area (Å²) in [5.74, 6) is -1.13. The molecule has 1 aromatic heterocycles. The first-order valence-corrected chi connectivity index (χ1v) is 6.72. The molecule has 21 heavy (non-hydrogen) atoms.